The summed E-state index contributed by atoms with van der Waals surface area (Å²) < 4.78 is 61.8. The lowest BCUT2D eigenvalue weighted by Gasteiger charge is -2.33. The van der Waals surface area contributed by atoms with Gasteiger partial charge in [-0.15, -0.1) is 24.0 Å². The number of nitrogens with zero attached hydrogens (tertiary/aromatic N) is 3. The number of alkyl halides is 3. The fourth-order valence-electron chi connectivity index (χ4n) is 3.91. The number of guanidine groups is 1. The van der Waals surface area contributed by atoms with E-state index in [1.807, 2.05) is 6.92 Å². The predicted octanol–water partition coefficient (Wildman–Crippen LogP) is 2.59. The molecule has 2 fully saturated rings. The molecule has 1 atom stereocenters. The summed E-state index contributed by atoms with van der Waals surface area (Å²) in [5, 5.41) is 6.46. The van der Waals surface area contributed by atoms with E-state index < -0.39 is 15.5 Å². The topological polar surface area (TPSA) is 77.0 Å². The molecule has 0 saturated carbocycles. The van der Waals surface area contributed by atoms with E-state index in [9.17, 15) is 21.6 Å². The van der Waals surface area contributed by atoms with Crippen LogP contribution in [-0.2, 0) is 10.0 Å². The molecule has 2 heterocycles. The predicted molar refractivity (Wildman–Crippen MR) is 124 cm³/mol. The van der Waals surface area contributed by atoms with Crippen molar-refractivity contribution in [1.82, 2.24) is 19.8 Å². The van der Waals surface area contributed by atoms with E-state index in [4.69, 9.17) is 4.99 Å². The number of aliphatic imine (C=N–C) groups is 1. The minimum atomic E-state index is -5.25. The molecule has 0 bridgehead atoms. The van der Waals surface area contributed by atoms with Gasteiger partial charge in [0.25, 0.3) is 0 Å². The van der Waals surface area contributed by atoms with E-state index in [0.29, 0.717) is 48.2 Å². The van der Waals surface area contributed by atoms with Crippen LogP contribution in [0.25, 0.3) is 0 Å². The molecule has 7 nitrogen and oxygen atoms in total. The lowest BCUT2D eigenvalue weighted by Crippen LogP contribution is -2.52. The molecule has 2 N–H and O–H groups in total. The Balaban J connectivity index is 0.00000450. The van der Waals surface area contributed by atoms with Gasteiger partial charge in [0, 0.05) is 31.7 Å². The van der Waals surface area contributed by atoms with Crippen molar-refractivity contribution in [2.75, 3.05) is 39.3 Å². The normalized spacial score (nSPS) is 21.5. The zero-order valence-electron chi connectivity index (χ0n) is 17.9. The van der Waals surface area contributed by atoms with Gasteiger partial charge in [-0.3, -0.25) is 9.89 Å². The zero-order chi connectivity index (χ0) is 21.7. The molecule has 178 valence electrons. The number of hydrogen-bond acceptors (Lipinski definition) is 4. The van der Waals surface area contributed by atoms with Crippen molar-refractivity contribution in [2.45, 2.75) is 64.0 Å². The van der Waals surface area contributed by atoms with Crippen LogP contribution >= 0.6 is 24.0 Å². The highest BCUT2D eigenvalue weighted by Gasteiger charge is 2.50. The highest BCUT2D eigenvalue weighted by atomic mass is 127. The van der Waals surface area contributed by atoms with Gasteiger partial charge in [0.2, 0.25) is 0 Å². The van der Waals surface area contributed by atoms with E-state index in [2.05, 4.69) is 29.4 Å². The minimum Gasteiger partial charge on any atom is -0.357 e. The Bertz CT molecular complexity index is 647. The SMILES string of the molecule is CCNC(=NCC(C(C)C)N1CCCC1)NC1CCN(S(=O)(=O)C(F)(F)F)CC1.I. The molecule has 0 radical (unpaired) electrons. The maximum Gasteiger partial charge on any atom is 0.511 e. The zero-order valence-corrected chi connectivity index (χ0v) is 21.1. The smallest absolute Gasteiger partial charge is 0.357 e. The number of hydrogen-bond donors (Lipinski definition) is 2. The molecule has 2 aliphatic rings. The number of halogens is 4. The fourth-order valence-corrected chi connectivity index (χ4v) is 4.89. The third-order valence-electron chi connectivity index (χ3n) is 5.59. The Hall–Kier alpha value is -0.340. The summed E-state index contributed by atoms with van der Waals surface area (Å²) in [6.07, 6.45) is 3.04. The van der Waals surface area contributed by atoms with Crippen molar-refractivity contribution in [3.05, 3.63) is 0 Å². The van der Waals surface area contributed by atoms with E-state index in [1.165, 1.54) is 12.8 Å². The summed E-state index contributed by atoms with van der Waals surface area (Å²) in [6.45, 7) is 9.53. The van der Waals surface area contributed by atoms with Crippen LogP contribution in [0.3, 0.4) is 0 Å². The second kappa shape index (κ2) is 12.0. The van der Waals surface area contributed by atoms with Crippen LogP contribution in [0.2, 0.25) is 0 Å². The quantitative estimate of drug-likeness (QED) is 0.280. The van der Waals surface area contributed by atoms with E-state index in [-0.39, 0.29) is 43.1 Å². The molecule has 12 heteroatoms. The molecule has 0 aromatic rings. The summed E-state index contributed by atoms with van der Waals surface area (Å²) in [7, 11) is -5.25. The lowest BCUT2D eigenvalue weighted by atomic mass is 10.0. The summed E-state index contributed by atoms with van der Waals surface area (Å²) in [4.78, 5) is 7.19. The van der Waals surface area contributed by atoms with E-state index >= 15 is 0 Å². The Morgan fingerprint density at radius 2 is 1.70 bits per heavy atom. The first kappa shape index (κ1) is 27.7. The lowest BCUT2D eigenvalue weighted by molar-refractivity contribution is -0.0494. The number of nitrogens with one attached hydrogen (secondary N) is 2. The maximum atomic E-state index is 12.7. The molecule has 2 rings (SSSR count). The Labute approximate surface area is 195 Å². The average Bonchev–Trinajstić information content (AvgIpc) is 3.15. The second-order valence-electron chi connectivity index (χ2n) is 8.04. The standard InChI is InChI=1S/C18H34F3N5O2S.HI/c1-4-22-17(23-13-16(14(2)3)25-9-5-6-10-25)24-15-7-11-26(12-8-15)29(27,28)18(19,20)21;/h14-16H,4-13H2,1-3H3,(H2,22,23,24);1H. The first-order chi connectivity index (χ1) is 13.6. The van der Waals surface area contributed by atoms with Gasteiger partial charge in [0.05, 0.1) is 6.54 Å². The molecular formula is C18H35F3IN5O2S. The van der Waals surface area contributed by atoms with Crippen molar-refractivity contribution in [3.63, 3.8) is 0 Å². The molecule has 0 amide bonds. The molecule has 1 unspecified atom stereocenters. The van der Waals surface area contributed by atoms with Crippen molar-refractivity contribution in [3.8, 4) is 0 Å². The van der Waals surface area contributed by atoms with Crippen LogP contribution in [0.5, 0.6) is 0 Å². The van der Waals surface area contributed by atoms with Crippen LogP contribution in [0.15, 0.2) is 4.99 Å². The number of likely N-dealkylation sites (tertiary alicyclic amines) is 1. The first-order valence-electron chi connectivity index (χ1n) is 10.4. The van der Waals surface area contributed by atoms with Crippen LogP contribution in [0.4, 0.5) is 13.2 Å². The molecule has 2 aliphatic heterocycles. The Kier molecular flexibility index (Phi) is 11.1. The third kappa shape index (κ3) is 7.37. The largest absolute Gasteiger partial charge is 0.511 e. The summed E-state index contributed by atoms with van der Waals surface area (Å²) in [5.74, 6) is 1.10. The first-order valence-corrected chi connectivity index (χ1v) is 11.9. The highest BCUT2D eigenvalue weighted by Crippen LogP contribution is 2.29. The molecule has 2 saturated heterocycles. The Morgan fingerprint density at radius 3 is 2.17 bits per heavy atom. The summed E-state index contributed by atoms with van der Waals surface area (Å²) >= 11 is 0. The third-order valence-corrected chi connectivity index (χ3v) is 7.22. The van der Waals surface area contributed by atoms with Crippen LogP contribution < -0.4 is 10.6 Å². The number of rotatable bonds is 7. The maximum absolute atomic E-state index is 12.7. The molecule has 0 aliphatic carbocycles. The van der Waals surface area contributed by atoms with Crippen LogP contribution in [-0.4, -0.2) is 80.4 Å². The van der Waals surface area contributed by atoms with Crippen molar-refractivity contribution in [1.29, 1.82) is 0 Å². The molecule has 0 aromatic heterocycles. The monoisotopic (exact) mass is 569 g/mol. The number of sulfonamides is 1. The molecule has 30 heavy (non-hydrogen) atoms. The van der Waals surface area contributed by atoms with Crippen molar-refractivity contribution >= 4 is 40.0 Å². The van der Waals surface area contributed by atoms with Gasteiger partial charge < -0.3 is 10.6 Å². The van der Waals surface area contributed by atoms with E-state index in [0.717, 1.165) is 13.1 Å². The average molecular weight is 569 g/mol. The van der Waals surface area contributed by atoms with Crippen molar-refractivity contribution < 1.29 is 21.6 Å². The van der Waals surface area contributed by atoms with Gasteiger partial charge in [-0.25, -0.2) is 8.42 Å². The van der Waals surface area contributed by atoms with Gasteiger partial charge in [0.1, 0.15) is 0 Å². The summed E-state index contributed by atoms with van der Waals surface area (Å²) in [6, 6.07) is 0.239. The van der Waals surface area contributed by atoms with Crippen LogP contribution in [0, 0.1) is 5.92 Å². The van der Waals surface area contributed by atoms with Gasteiger partial charge in [-0.2, -0.15) is 17.5 Å². The molecular weight excluding hydrogens is 534 g/mol. The molecule has 0 spiro atoms. The van der Waals surface area contributed by atoms with E-state index in [1.54, 1.807) is 0 Å². The summed E-state index contributed by atoms with van der Waals surface area (Å²) in [5.41, 5.74) is -5.24. The number of piperidine rings is 1. The van der Waals surface area contributed by atoms with Crippen LogP contribution in [0.1, 0.15) is 46.5 Å². The minimum absolute atomic E-state index is 0. The Morgan fingerprint density at radius 1 is 1.13 bits per heavy atom. The highest BCUT2D eigenvalue weighted by molar-refractivity contribution is 14.0. The van der Waals surface area contributed by atoms with Gasteiger partial charge in [-0.05, 0) is 51.6 Å². The fraction of sp³-hybridized carbons (Fsp3) is 0.944. The van der Waals surface area contributed by atoms with Gasteiger partial charge in [0.15, 0.2) is 5.96 Å². The molecule has 0 aromatic carbocycles. The second-order valence-corrected chi connectivity index (χ2v) is 9.97. The van der Waals surface area contributed by atoms with Crippen molar-refractivity contribution in [2.24, 2.45) is 10.9 Å². The van der Waals surface area contributed by atoms with Gasteiger partial charge in [-0.1, -0.05) is 13.8 Å². The van der Waals surface area contributed by atoms with Gasteiger partial charge >= 0.3 is 15.5 Å².